The number of nitro groups is 1. The van der Waals surface area contributed by atoms with Gasteiger partial charge in [-0.05, 0) is 24.4 Å². The molecular formula is C16H12N2O4S2. The van der Waals surface area contributed by atoms with E-state index in [-0.39, 0.29) is 17.9 Å². The molecule has 0 spiro atoms. The van der Waals surface area contributed by atoms with Crippen LogP contribution in [-0.2, 0) is 11.3 Å². The molecule has 0 saturated carbocycles. The van der Waals surface area contributed by atoms with E-state index >= 15 is 0 Å². The number of rotatable bonds is 5. The molecule has 8 heteroatoms. The zero-order valence-electron chi connectivity index (χ0n) is 12.6. The zero-order chi connectivity index (χ0) is 17.1. The molecule has 3 rings (SSSR count). The summed E-state index contributed by atoms with van der Waals surface area (Å²) in [7, 11) is 0. The number of carbonyl (C=O) groups excluding carboxylic acids is 1. The first-order chi connectivity index (χ1) is 11.6. The van der Waals surface area contributed by atoms with Crippen LogP contribution in [0.25, 0.3) is 10.6 Å². The van der Waals surface area contributed by atoms with Gasteiger partial charge in [0, 0.05) is 28.0 Å². The number of hydrogen-bond acceptors (Lipinski definition) is 7. The largest absolute Gasteiger partial charge is 0.456 e. The Balaban J connectivity index is 1.70. The van der Waals surface area contributed by atoms with E-state index in [9.17, 15) is 14.9 Å². The maximum atomic E-state index is 12.2. The van der Waals surface area contributed by atoms with Crippen LogP contribution in [0.1, 0.15) is 21.6 Å². The normalized spacial score (nSPS) is 10.5. The van der Waals surface area contributed by atoms with Gasteiger partial charge in [-0.2, -0.15) is 11.3 Å². The van der Waals surface area contributed by atoms with E-state index in [2.05, 4.69) is 4.98 Å². The van der Waals surface area contributed by atoms with Crippen molar-refractivity contribution < 1.29 is 14.5 Å². The van der Waals surface area contributed by atoms with Gasteiger partial charge in [-0.25, -0.2) is 9.78 Å². The average Bonchev–Trinajstić information content (AvgIpc) is 3.23. The van der Waals surface area contributed by atoms with Crippen molar-refractivity contribution in [3.05, 3.63) is 67.3 Å². The number of nitro benzene ring substituents is 1. The molecule has 0 bridgehead atoms. The molecule has 122 valence electrons. The highest BCUT2D eigenvalue weighted by atomic mass is 32.1. The van der Waals surface area contributed by atoms with Crippen molar-refractivity contribution in [3.8, 4) is 10.6 Å². The summed E-state index contributed by atoms with van der Waals surface area (Å²) in [6.07, 6.45) is 0. The lowest BCUT2D eigenvalue weighted by molar-refractivity contribution is -0.385. The molecule has 3 aromatic rings. The number of nitrogens with zero attached hydrogens (tertiary/aromatic N) is 2. The lowest BCUT2D eigenvalue weighted by Crippen LogP contribution is -2.08. The SMILES string of the molecule is Cc1c(C(=O)OCc2csc(-c3ccsc3)n2)cccc1[N+](=O)[O-]. The number of thiazole rings is 1. The van der Waals surface area contributed by atoms with Gasteiger partial charge in [0.05, 0.1) is 16.2 Å². The minimum Gasteiger partial charge on any atom is -0.456 e. The van der Waals surface area contributed by atoms with Gasteiger partial charge in [-0.1, -0.05) is 6.07 Å². The molecule has 2 aromatic heterocycles. The molecule has 0 radical (unpaired) electrons. The second-order valence-corrected chi connectivity index (χ2v) is 6.58. The molecule has 0 aliphatic heterocycles. The van der Waals surface area contributed by atoms with E-state index in [4.69, 9.17) is 4.74 Å². The van der Waals surface area contributed by atoms with Gasteiger partial charge >= 0.3 is 5.97 Å². The highest BCUT2D eigenvalue weighted by Gasteiger charge is 2.19. The number of benzene rings is 1. The molecule has 0 fully saturated rings. The maximum Gasteiger partial charge on any atom is 0.339 e. The average molecular weight is 360 g/mol. The van der Waals surface area contributed by atoms with Crippen molar-refractivity contribution >= 4 is 34.3 Å². The molecule has 2 heterocycles. The Morgan fingerprint density at radius 1 is 1.33 bits per heavy atom. The van der Waals surface area contributed by atoms with Gasteiger partial charge in [0.1, 0.15) is 11.6 Å². The molecule has 0 N–H and O–H groups in total. The van der Waals surface area contributed by atoms with E-state index in [0.717, 1.165) is 10.6 Å². The van der Waals surface area contributed by atoms with Crippen molar-refractivity contribution in [1.82, 2.24) is 4.98 Å². The Bertz CT molecular complexity index is 887. The lowest BCUT2D eigenvalue weighted by Gasteiger charge is -2.06. The summed E-state index contributed by atoms with van der Waals surface area (Å²) in [4.78, 5) is 27.0. The third kappa shape index (κ3) is 3.34. The zero-order valence-corrected chi connectivity index (χ0v) is 14.2. The van der Waals surface area contributed by atoms with Gasteiger partial charge in [-0.3, -0.25) is 10.1 Å². The second kappa shape index (κ2) is 6.90. The van der Waals surface area contributed by atoms with E-state index in [1.807, 2.05) is 22.2 Å². The van der Waals surface area contributed by atoms with Crippen molar-refractivity contribution in [2.24, 2.45) is 0 Å². The minimum atomic E-state index is -0.596. The van der Waals surface area contributed by atoms with E-state index < -0.39 is 10.9 Å². The first-order valence-electron chi connectivity index (χ1n) is 6.94. The smallest absolute Gasteiger partial charge is 0.339 e. The van der Waals surface area contributed by atoms with Gasteiger partial charge in [0.25, 0.3) is 5.69 Å². The third-order valence-electron chi connectivity index (χ3n) is 3.39. The van der Waals surface area contributed by atoms with Crippen molar-refractivity contribution in [1.29, 1.82) is 0 Å². The summed E-state index contributed by atoms with van der Waals surface area (Å²) in [6.45, 7) is 1.56. The fraction of sp³-hybridized carbons (Fsp3) is 0.125. The molecule has 0 atom stereocenters. The first-order valence-corrected chi connectivity index (χ1v) is 8.76. The fourth-order valence-corrected chi connectivity index (χ4v) is 3.67. The number of hydrogen-bond donors (Lipinski definition) is 0. The number of ether oxygens (including phenoxy) is 1. The summed E-state index contributed by atoms with van der Waals surface area (Å²) in [5.74, 6) is -0.596. The number of thiophene rings is 1. The Morgan fingerprint density at radius 3 is 2.88 bits per heavy atom. The molecule has 0 aliphatic carbocycles. The summed E-state index contributed by atoms with van der Waals surface area (Å²) in [5.41, 5.74) is 2.08. The van der Waals surface area contributed by atoms with Crippen LogP contribution >= 0.6 is 22.7 Å². The summed E-state index contributed by atoms with van der Waals surface area (Å²) >= 11 is 3.07. The Kier molecular flexibility index (Phi) is 4.68. The quantitative estimate of drug-likeness (QED) is 0.381. The van der Waals surface area contributed by atoms with Crippen LogP contribution in [0, 0.1) is 17.0 Å². The lowest BCUT2D eigenvalue weighted by atomic mass is 10.1. The molecule has 6 nitrogen and oxygen atoms in total. The summed E-state index contributed by atoms with van der Waals surface area (Å²) < 4.78 is 5.25. The van der Waals surface area contributed by atoms with Crippen LogP contribution in [-0.4, -0.2) is 15.9 Å². The predicted molar refractivity (Wildman–Crippen MR) is 92.4 cm³/mol. The molecule has 0 unspecified atom stereocenters. The molecule has 1 aromatic carbocycles. The molecule has 24 heavy (non-hydrogen) atoms. The van der Waals surface area contributed by atoms with Gasteiger partial charge in [0.2, 0.25) is 0 Å². The molecule has 0 aliphatic rings. The minimum absolute atomic E-state index is 0.0294. The van der Waals surface area contributed by atoms with Crippen LogP contribution in [0.3, 0.4) is 0 Å². The van der Waals surface area contributed by atoms with Crippen LogP contribution < -0.4 is 0 Å². The fourth-order valence-electron chi connectivity index (χ4n) is 2.15. The van der Waals surface area contributed by atoms with Crippen LogP contribution in [0.2, 0.25) is 0 Å². The Hall–Kier alpha value is -2.58. The van der Waals surface area contributed by atoms with Crippen LogP contribution in [0.4, 0.5) is 5.69 Å². The van der Waals surface area contributed by atoms with E-state index in [1.54, 1.807) is 11.3 Å². The van der Waals surface area contributed by atoms with Gasteiger partial charge in [0.15, 0.2) is 0 Å². The number of esters is 1. The van der Waals surface area contributed by atoms with E-state index in [1.165, 1.54) is 36.5 Å². The van der Waals surface area contributed by atoms with Crippen molar-refractivity contribution in [3.63, 3.8) is 0 Å². The highest BCUT2D eigenvalue weighted by molar-refractivity contribution is 7.14. The highest BCUT2D eigenvalue weighted by Crippen LogP contribution is 2.26. The van der Waals surface area contributed by atoms with Crippen molar-refractivity contribution in [2.45, 2.75) is 13.5 Å². The number of carbonyl (C=O) groups is 1. The standard InChI is InChI=1S/C16H12N2O4S2/c1-10-13(3-2-4-14(10)18(20)21)16(19)22-7-12-9-24-15(17-12)11-5-6-23-8-11/h2-6,8-9H,7H2,1H3. The maximum absolute atomic E-state index is 12.2. The number of aromatic nitrogens is 1. The molecule has 0 amide bonds. The van der Waals surface area contributed by atoms with E-state index in [0.29, 0.717) is 11.3 Å². The van der Waals surface area contributed by atoms with Crippen molar-refractivity contribution in [2.75, 3.05) is 0 Å². The first kappa shape index (κ1) is 16.3. The Morgan fingerprint density at radius 2 is 2.17 bits per heavy atom. The monoisotopic (exact) mass is 360 g/mol. The Labute approximate surface area is 145 Å². The molecular weight excluding hydrogens is 348 g/mol. The predicted octanol–water partition coefficient (Wildman–Crippen LogP) is 4.45. The van der Waals surface area contributed by atoms with Crippen LogP contribution in [0.15, 0.2) is 40.4 Å². The second-order valence-electron chi connectivity index (χ2n) is 4.94. The third-order valence-corrected chi connectivity index (χ3v) is 5.02. The summed E-state index contributed by atoms with van der Waals surface area (Å²) in [5, 5.41) is 17.6. The summed E-state index contributed by atoms with van der Waals surface area (Å²) in [6, 6.07) is 6.33. The topological polar surface area (TPSA) is 82.3 Å². The van der Waals surface area contributed by atoms with Gasteiger partial charge in [-0.15, -0.1) is 11.3 Å². The van der Waals surface area contributed by atoms with Gasteiger partial charge < -0.3 is 4.74 Å². The van der Waals surface area contributed by atoms with Crippen LogP contribution in [0.5, 0.6) is 0 Å². The molecule has 0 saturated heterocycles.